The minimum absolute atomic E-state index is 0.129. The SMILES string of the molecule is Cc1cc(NCCNC(C)(C)C)nc(-c2cccnc2)n1. The van der Waals surface area contributed by atoms with E-state index in [2.05, 4.69) is 46.4 Å². The monoisotopic (exact) mass is 285 g/mol. The zero-order valence-corrected chi connectivity index (χ0v) is 13.1. The van der Waals surface area contributed by atoms with Gasteiger partial charge < -0.3 is 10.6 Å². The number of rotatable bonds is 5. The number of nitrogens with one attached hydrogen (secondary N) is 2. The van der Waals surface area contributed by atoms with Gasteiger partial charge in [-0.25, -0.2) is 9.97 Å². The fourth-order valence-electron chi connectivity index (χ4n) is 1.91. The van der Waals surface area contributed by atoms with E-state index in [1.165, 1.54) is 0 Å². The smallest absolute Gasteiger partial charge is 0.163 e. The second kappa shape index (κ2) is 6.63. The van der Waals surface area contributed by atoms with Crippen molar-refractivity contribution in [3.63, 3.8) is 0 Å². The molecule has 0 amide bonds. The van der Waals surface area contributed by atoms with Crippen molar-refractivity contribution in [2.45, 2.75) is 33.2 Å². The van der Waals surface area contributed by atoms with E-state index < -0.39 is 0 Å². The molecule has 0 aliphatic carbocycles. The Hall–Kier alpha value is -2.01. The highest BCUT2D eigenvalue weighted by Crippen LogP contribution is 2.16. The molecule has 0 spiro atoms. The molecule has 0 saturated heterocycles. The van der Waals surface area contributed by atoms with E-state index in [1.54, 1.807) is 12.4 Å². The first-order chi connectivity index (χ1) is 9.94. The number of pyridine rings is 1. The maximum absolute atomic E-state index is 4.55. The molecule has 112 valence electrons. The summed E-state index contributed by atoms with van der Waals surface area (Å²) in [5, 5.41) is 6.77. The van der Waals surface area contributed by atoms with Crippen molar-refractivity contribution < 1.29 is 0 Å². The molecule has 5 nitrogen and oxygen atoms in total. The molecule has 21 heavy (non-hydrogen) atoms. The molecule has 0 aliphatic heterocycles. The van der Waals surface area contributed by atoms with Gasteiger partial charge in [-0.2, -0.15) is 0 Å². The minimum Gasteiger partial charge on any atom is -0.369 e. The fraction of sp³-hybridized carbons (Fsp3) is 0.438. The third kappa shape index (κ3) is 5.11. The second-order valence-electron chi connectivity index (χ2n) is 6.06. The Kier molecular flexibility index (Phi) is 4.85. The summed E-state index contributed by atoms with van der Waals surface area (Å²) in [7, 11) is 0. The van der Waals surface area contributed by atoms with E-state index >= 15 is 0 Å². The van der Waals surface area contributed by atoms with Gasteiger partial charge in [0.25, 0.3) is 0 Å². The van der Waals surface area contributed by atoms with Crippen LogP contribution in [0.3, 0.4) is 0 Å². The van der Waals surface area contributed by atoms with Crippen LogP contribution in [0.2, 0.25) is 0 Å². The van der Waals surface area contributed by atoms with Crippen molar-refractivity contribution in [3.05, 3.63) is 36.3 Å². The van der Waals surface area contributed by atoms with Gasteiger partial charge in [-0.15, -0.1) is 0 Å². The molecule has 0 bridgehead atoms. The zero-order valence-electron chi connectivity index (χ0n) is 13.1. The zero-order chi connectivity index (χ0) is 15.3. The predicted octanol–water partition coefficient (Wildman–Crippen LogP) is 2.65. The van der Waals surface area contributed by atoms with Crippen LogP contribution in [0, 0.1) is 6.92 Å². The summed E-state index contributed by atoms with van der Waals surface area (Å²) in [6.07, 6.45) is 3.52. The molecule has 2 heterocycles. The molecular weight excluding hydrogens is 262 g/mol. The van der Waals surface area contributed by atoms with Gasteiger partial charge in [0.05, 0.1) is 0 Å². The van der Waals surface area contributed by atoms with Crippen molar-refractivity contribution in [3.8, 4) is 11.4 Å². The van der Waals surface area contributed by atoms with Gasteiger partial charge in [-0.3, -0.25) is 4.98 Å². The Morgan fingerprint density at radius 3 is 2.62 bits per heavy atom. The van der Waals surface area contributed by atoms with Crippen molar-refractivity contribution in [2.75, 3.05) is 18.4 Å². The first kappa shape index (κ1) is 15.4. The van der Waals surface area contributed by atoms with Crippen LogP contribution in [0.5, 0.6) is 0 Å². The van der Waals surface area contributed by atoms with Crippen LogP contribution in [0.25, 0.3) is 11.4 Å². The summed E-state index contributed by atoms with van der Waals surface area (Å²) < 4.78 is 0. The van der Waals surface area contributed by atoms with E-state index in [-0.39, 0.29) is 5.54 Å². The lowest BCUT2D eigenvalue weighted by molar-refractivity contribution is 0.435. The Bertz CT molecular complexity index is 575. The highest BCUT2D eigenvalue weighted by Gasteiger charge is 2.08. The highest BCUT2D eigenvalue weighted by atomic mass is 15.1. The van der Waals surface area contributed by atoms with Crippen LogP contribution in [0.15, 0.2) is 30.6 Å². The first-order valence-electron chi connectivity index (χ1n) is 7.19. The Morgan fingerprint density at radius 2 is 1.95 bits per heavy atom. The number of aromatic nitrogens is 3. The van der Waals surface area contributed by atoms with Gasteiger partial charge in [0, 0.05) is 48.3 Å². The Labute approximate surface area is 126 Å². The van der Waals surface area contributed by atoms with Gasteiger partial charge in [0.2, 0.25) is 0 Å². The molecular formula is C16H23N5. The first-order valence-corrected chi connectivity index (χ1v) is 7.19. The van der Waals surface area contributed by atoms with Gasteiger partial charge >= 0.3 is 0 Å². The summed E-state index contributed by atoms with van der Waals surface area (Å²) in [6.45, 7) is 10.1. The molecule has 2 aromatic heterocycles. The minimum atomic E-state index is 0.129. The van der Waals surface area contributed by atoms with Crippen LogP contribution < -0.4 is 10.6 Å². The van der Waals surface area contributed by atoms with Crippen molar-refractivity contribution in [1.82, 2.24) is 20.3 Å². The quantitative estimate of drug-likeness (QED) is 0.827. The largest absolute Gasteiger partial charge is 0.369 e. The molecule has 0 unspecified atom stereocenters. The lowest BCUT2D eigenvalue weighted by atomic mass is 10.1. The van der Waals surface area contributed by atoms with Crippen molar-refractivity contribution >= 4 is 5.82 Å². The Morgan fingerprint density at radius 1 is 1.14 bits per heavy atom. The van der Waals surface area contributed by atoms with Crippen LogP contribution in [0.1, 0.15) is 26.5 Å². The number of hydrogen-bond acceptors (Lipinski definition) is 5. The summed E-state index contributed by atoms with van der Waals surface area (Å²) in [5.74, 6) is 1.55. The van der Waals surface area contributed by atoms with Gasteiger partial charge in [0.1, 0.15) is 5.82 Å². The normalized spacial score (nSPS) is 11.4. The Balaban J connectivity index is 2.03. The molecule has 2 rings (SSSR count). The van der Waals surface area contributed by atoms with Crippen molar-refractivity contribution in [2.24, 2.45) is 0 Å². The lowest BCUT2D eigenvalue weighted by Crippen LogP contribution is -2.38. The summed E-state index contributed by atoms with van der Waals surface area (Å²) in [5.41, 5.74) is 2.00. The van der Waals surface area contributed by atoms with Gasteiger partial charge in [-0.1, -0.05) is 0 Å². The van der Waals surface area contributed by atoms with Crippen LogP contribution in [-0.2, 0) is 0 Å². The predicted molar refractivity (Wildman–Crippen MR) is 86.2 cm³/mol. The van der Waals surface area contributed by atoms with Crippen molar-refractivity contribution in [1.29, 1.82) is 0 Å². The van der Waals surface area contributed by atoms with Gasteiger partial charge in [-0.05, 0) is 39.8 Å². The van der Waals surface area contributed by atoms with Crippen LogP contribution in [-0.4, -0.2) is 33.6 Å². The second-order valence-corrected chi connectivity index (χ2v) is 6.06. The summed E-state index contributed by atoms with van der Waals surface area (Å²) >= 11 is 0. The number of anilines is 1. The third-order valence-electron chi connectivity index (χ3n) is 2.86. The number of nitrogens with zero attached hydrogens (tertiary/aromatic N) is 3. The number of hydrogen-bond donors (Lipinski definition) is 2. The molecule has 0 aliphatic rings. The maximum Gasteiger partial charge on any atom is 0.163 e. The molecule has 0 fully saturated rings. The highest BCUT2D eigenvalue weighted by molar-refractivity contribution is 5.56. The van der Waals surface area contributed by atoms with E-state index in [4.69, 9.17) is 0 Å². The van der Waals surface area contributed by atoms with E-state index in [1.807, 2.05) is 25.1 Å². The third-order valence-corrected chi connectivity index (χ3v) is 2.86. The average molecular weight is 285 g/mol. The van der Waals surface area contributed by atoms with Crippen LogP contribution >= 0.6 is 0 Å². The fourth-order valence-corrected chi connectivity index (χ4v) is 1.91. The molecule has 5 heteroatoms. The van der Waals surface area contributed by atoms with E-state index in [0.717, 1.165) is 30.2 Å². The standard InChI is InChI=1S/C16H23N5/c1-12-10-14(18-8-9-19-16(2,3)4)21-15(20-12)13-6-5-7-17-11-13/h5-7,10-11,19H,8-9H2,1-4H3,(H,18,20,21). The molecule has 0 aromatic carbocycles. The van der Waals surface area contributed by atoms with E-state index in [0.29, 0.717) is 5.82 Å². The summed E-state index contributed by atoms with van der Waals surface area (Å²) in [4.78, 5) is 13.1. The molecule has 0 saturated carbocycles. The maximum atomic E-state index is 4.55. The molecule has 0 radical (unpaired) electrons. The lowest BCUT2D eigenvalue weighted by Gasteiger charge is -2.20. The topological polar surface area (TPSA) is 62.7 Å². The van der Waals surface area contributed by atoms with Gasteiger partial charge in [0.15, 0.2) is 5.82 Å². The molecule has 2 aromatic rings. The van der Waals surface area contributed by atoms with Crippen LogP contribution in [0.4, 0.5) is 5.82 Å². The van der Waals surface area contributed by atoms with E-state index in [9.17, 15) is 0 Å². The molecule has 0 atom stereocenters. The number of aryl methyl sites for hydroxylation is 1. The average Bonchev–Trinajstić information content (AvgIpc) is 2.43. The molecule has 2 N–H and O–H groups in total. The summed E-state index contributed by atoms with van der Waals surface area (Å²) in [6, 6.07) is 5.81.